The van der Waals surface area contributed by atoms with Crippen LogP contribution in [0, 0.1) is 0 Å². The van der Waals surface area contributed by atoms with Crippen LogP contribution in [0.4, 0.5) is 9.59 Å². The molecule has 0 bridgehead atoms. The number of ether oxygens (including phenoxy) is 3. The molecule has 0 aliphatic carbocycles. The largest absolute Gasteiger partial charge is 0.488 e. The number of aromatic amines is 2. The molecule has 306 valence electrons. The maximum absolute atomic E-state index is 13.9. The van der Waals surface area contributed by atoms with Gasteiger partial charge < -0.3 is 44.6 Å². The number of hydrogen-bond donors (Lipinski definition) is 4. The predicted molar refractivity (Wildman–Crippen MR) is 222 cm³/mol. The van der Waals surface area contributed by atoms with Crippen molar-refractivity contribution in [1.29, 1.82) is 0 Å². The summed E-state index contributed by atoms with van der Waals surface area (Å²) in [5, 5.41) is 7.12. The minimum Gasteiger partial charge on any atom is -0.488 e. The van der Waals surface area contributed by atoms with Gasteiger partial charge >= 0.3 is 12.2 Å². The normalized spacial score (nSPS) is 12.8. The van der Waals surface area contributed by atoms with Gasteiger partial charge in [-0.25, -0.2) is 19.6 Å². The second-order valence-corrected chi connectivity index (χ2v) is 14.5. The van der Waals surface area contributed by atoms with Crippen molar-refractivity contribution in [2.75, 3.05) is 27.3 Å². The number of alkyl carbamates (subject to hydrolysis) is 2. The standard InChI is InChI=1S/C44H48N8O7/c1-6-17-51(42(54)40(50-44(56)58-5)27-11-9-8-10-12-27)23-37-45-21-35(48-37)29-13-15-31-30(18-29)25-59-36-20-32-28(19-33(31)36)14-16-34-41(32)49-38(47-34)24-52(26(3)7-2)39(53)22-46-43(55)57-4/h8-16,18-21,26,40H,6-7,17,22-25H2,1-5H3,(H,45,48)(H,46,55)(H,47,49)(H,50,56)/t26-,40+/m0/s1. The van der Waals surface area contributed by atoms with E-state index in [-0.39, 0.29) is 37.5 Å². The first-order valence-electron chi connectivity index (χ1n) is 19.7. The van der Waals surface area contributed by atoms with Gasteiger partial charge in [-0.1, -0.05) is 62.4 Å². The molecule has 2 atom stereocenters. The van der Waals surface area contributed by atoms with Crippen LogP contribution in [0.2, 0.25) is 0 Å². The van der Waals surface area contributed by atoms with Crippen molar-refractivity contribution in [2.45, 2.75) is 65.4 Å². The molecule has 3 heterocycles. The number of fused-ring (bicyclic) bond motifs is 6. The molecule has 0 radical (unpaired) electrons. The molecule has 59 heavy (non-hydrogen) atoms. The molecule has 15 heteroatoms. The first kappa shape index (κ1) is 40.3. The van der Waals surface area contributed by atoms with Gasteiger partial charge in [0.1, 0.15) is 36.6 Å². The predicted octanol–water partition coefficient (Wildman–Crippen LogP) is 6.98. The molecule has 1 aliphatic heterocycles. The number of H-pyrrole nitrogens is 2. The number of hydrogen-bond acceptors (Lipinski definition) is 9. The summed E-state index contributed by atoms with van der Waals surface area (Å²) in [7, 11) is 2.53. The molecular formula is C44H48N8O7. The molecule has 1 aliphatic rings. The molecule has 4 aromatic carbocycles. The molecule has 0 saturated carbocycles. The zero-order chi connectivity index (χ0) is 41.6. The second-order valence-electron chi connectivity index (χ2n) is 14.5. The monoisotopic (exact) mass is 800 g/mol. The highest BCUT2D eigenvalue weighted by Crippen LogP contribution is 2.42. The van der Waals surface area contributed by atoms with Crippen molar-refractivity contribution in [3.8, 4) is 28.1 Å². The Morgan fingerprint density at radius 1 is 0.898 bits per heavy atom. The molecule has 0 fully saturated rings. The van der Waals surface area contributed by atoms with Crippen LogP contribution in [0.3, 0.4) is 0 Å². The summed E-state index contributed by atoms with van der Waals surface area (Å²) < 4.78 is 15.8. The number of carbonyl (C=O) groups is 4. The van der Waals surface area contributed by atoms with E-state index in [4.69, 9.17) is 14.5 Å². The summed E-state index contributed by atoms with van der Waals surface area (Å²) in [6.45, 7) is 7.10. The lowest BCUT2D eigenvalue weighted by atomic mass is 9.92. The van der Waals surface area contributed by atoms with Gasteiger partial charge in [0, 0.05) is 23.5 Å². The lowest BCUT2D eigenvalue weighted by Crippen LogP contribution is -2.44. The first-order valence-corrected chi connectivity index (χ1v) is 19.7. The SMILES string of the molecule is CCCN(Cc1ncc(-c2ccc3c(c2)COc2cc4c(ccc5nc(CN(C(=O)CNC(=O)OC)[C@@H](C)CC)[nH]c54)cc2-3)[nH]1)C(=O)[C@H](NC(=O)OC)c1ccccc1. The number of nitrogens with zero attached hydrogens (tertiary/aromatic N) is 4. The van der Waals surface area contributed by atoms with E-state index in [2.05, 4.69) is 48.5 Å². The highest BCUT2D eigenvalue weighted by Gasteiger charge is 2.29. The molecule has 0 unspecified atom stereocenters. The highest BCUT2D eigenvalue weighted by molar-refractivity contribution is 6.07. The number of methoxy groups -OCH3 is 2. The van der Waals surface area contributed by atoms with E-state index >= 15 is 0 Å². The lowest BCUT2D eigenvalue weighted by Gasteiger charge is -2.27. The average Bonchev–Trinajstić information content (AvgIpc) is 3.92. The number of aromatic nitrogens is 4. The summed E-state index contributed by atoms with van der Waals surface area (Å²) >= 11 is 0. The summed E-state index contributed by atoms with van der Waals surface area (Å²) in [5.41, 5.74) is 7.06. The number of rotatable bonds is 14. The van der Waals surface area contributed by atoms with Crippen molar-refractivity contribution < 1.29 is 33.4 Å². The van der Waals surface area contributed by atoms with Crippen molar-refractivity contribution in [3.05, 3.63) is 102 Å². The second kappa shape index (κ2) is 17.7. The van der Waals surface area contributed by atoms with Gasteiger partial charge in [0.2, 0.25) is 11.8 Å². The number of nitrogens with one attached hydrogen (secondary N) is 4. The van der Waals surface area contributed by atoms with Crippen LogP contribution in [0.5, 0.6) is 5.75 Å². The van der Waals surface area contributed by atoms with Crippen molar-refractivity contribution in [3.63, 3.8) is 0 Å². The lowest BCUT2D eigenvalue weighted by molar-refractivity contribution is -0.134. The Labute approximate surface area is 341 Å². The molecule has 6 aromatic rings. The van der Waals surface area contributed by atoms with Crippen LogP contribution in [0.15, 0.2) is 79.0 Å². The molecular weight excluding hydrogens is 753 g/mol. The molecule has 0 spiro atoms. The van der Waals surface area contributed by atoms with Gasteiger partial charge in [0.05, 0.1) is 50.2 Å². The minimum absolute atomic E-state index is 0.0773. The van der Waals surface area contributed by atoms with Gasteiger partial charge in [-0.3, -0.25) is 9.59 Å². The van der Waals surface area contributed by atoms with Crippen LogP contribution < -0.4 is 15.4 Å². The van der Waals surface area contributed by atoms with Crippen LogP contribution in [-0.4, -0.2) is 87.1 Å². The summed E-state index contributed by atoms with van der Waals surface area (Å²) in [6.07, 6.45) is 1.86. The van der Waals surface area contributed by atoms with E-state index in [1.807, 2.05) is 63.2 Å². The Kier molecular flexibility index (Phi) is 12.1. The maximum Gasteiger partial charge on any atom is 0.407 e. The topological polar surface area (TPSA) is 184 Å². The third kappa shape index (κ3) is 8.68. The number of amides is 4. The van der Waals surface area contributed by atoms with E-state index in [1.165, 1.54) is 14.2 Å². The van der Waals surface area contributed by atoms with Crippen LogP contribution >= 0.6 is 0 Å². The van der Waals surface area contributed by atoms with E-state index in [0.717, 1.165) is 61.9 Å². The van der Waals surface area contributed by atoms with Gasteiger partial charge in [-0.05, 0) is 71.7 Å². The average molecular weight is 801 g/mol. The molecule has 4 amide bonds. The van der Waals surface area contributed by atoms with Gasteiger partial charge in [0.25, 0.3) is 0 Å². The third-order valence-electron chi connectivity index (χ3n) is 10.6. The molecule has 0 saturated heterocycles. The molecule has 2 aromatic heterocycles. The maximum atomic E-state index is 13.9. The minimum atomic E-state index is -0.917. The Hall–Kier alpha value is -6.90. The van der Waals surface area contributed by atoms with E-state index in [9.17, 15) is 19.2 Å². The zero-order valence-electron chi connectivity index (χ0n) is 33.8. The van der Waals surface area contributed by atoms with Gasteiger partial charge in [0.15, 0.2) is 0 Å². The van der Waals surface area contributed by atoms with Crippen LogP contribution in [0.1, 0.15) is 62.4 Å². The van der Waals surface area contributed by atoms with Crippen molar-refractivity contribution >= 4 is 45.8 Å². The van der Waals surface area contributed by atoms with Gasteiger partial charge in [-0.15, -0.1) is 0 Å². The summed E-state index contributed by atoms with van der Waals surface area (Å²) in [5.74, 6) is 1.50. The highest BCUT2D eigenvalue weighted by atomic mass is 16.5. The molecule has 4 N–H and O–H groups in total. The van der Waals surface area contributed by atoms with Crippen LogP contribution in [0.25, 0.3) is 44.2 Å². The number of benzene rings is 4. The number of carbonyl (C=O) groups excluding carboxylic acids is 4. The van der Waals surface area contributed by atoms with E-state index in [1.54, 1.807) is 28.1 Å². The Morgan fingerprint density at radius 2 is 1.69 bits per heavy atom. The Balaban J connectivity index is 1.10. The van der Waals surface area contributed by atoms with E-state index < -0.39 is 18.2 Å². The van der Waals surface area contributed by atoms with Crippen molar-refractivity contribution in [1.82, 2.24) is 40.4 Å². The summed E-state index contributed by atoms with van der Waals surface area (Å²) in [6, 6.07) is 22.5. The summed E-state index contributed by atoms with van der Waals surface area (Å²) in [4.78, 5) is 70.5. The molecule has 15 nitrogen and oxygen atoms in total. The fourth-order valence-electron chi connectivity index (χ4n) is 7.38. The first-order chi connectivity index (χ1) is 28.6. The third-order valence-corrected chi connectivity index (χ3v) is 10.6. The van der Waals surface area contributed by atoms with Crippen LogP contribution in [-0.2, 0) is 38.8 Å². The molecule has 7 rings (SSSR count). The number of imidazole rings is 2. The Morgan fingerprint density at radius 3 is 2.44 bits per heavy atom. The zero-order valence-corrected chi connectivity index (χ0v) is 33.8. The fraction of sp³-hybridized carbons (Fsp3) is 0.318. The Bertz CT molecular complexity index is 2500. The van der Waals surface area contributed by atoms with E-state index in [0.29, 0.717) is 36.8 Å². The van der Waals surface area contributed by atoms with Crippen molar-refractivity contribution in [2.24, 2.45) is 0 Å². The fourth-order valence-corrected chi connectivity index (χ4v) is 7.38. The quantitative estimate of drug-likeness (QED) is 0.0903. The smallest absolute Gasteiger partial charge is 0.407 e. The van der Waals surface area contributed by atoms with Gasteiger partial charge in [-0.2, -0.15) is 0 Å².